The lowest BCUT2D eigenvalue weighted by atomic mass is 9.90. The molecule has 0 spiro atoms. The van der Waals surface area contributed by atoms with Crippen LogP contribution in [0.1, 0.15) is 17.0 Å². The molecule has 0 aliphatic carbocycles. The average Bonchev–Trinajstić information content (AvgIpc) is 3.27. The Morgan fingerprint density at radius 2 is 1.96 bits per heavy atom. The molecule has 7 heteroatoms. The molecule has 0 bridgehead atoms. The van der Waals surface area contributed by atoms with Crippen LogP contribution in [0.2, 0.25) is 0 Å². The van der Waals surface area contributed by atoms with Crippen molar-refractivity contribution in [3.05, 3.63) is 72.1 Å². The molecule has 2 heterocycles. The second kappa shape index (κ2) is 7.56. The van der Waals surface area contributed by atoms with Crippen LogP contribution in [-0.4, -0.2) is 35.5 Å². The Bertz CT molecular complexity index is 983. The summed E-state index contributed by atoms with van der Waals surface area (Å²) in [5.41, 5.74) is 3.32. The molecule has 0 fully saturated rings. The normalized spacial score (nSPS) is 15.6. The maximum Gasteiger partial charge on any atom is 0.322 e. The molecule has 1 N–H and O–H groups in total. The first-order chi connectivity index (χ1) is 13.7. The minimum Gasteiger partial charge on any atom is -0.468 e. The lowest BCUT2D eigenvalue weighted by Gasteiger charge is -2.33. The van der Waals surface area contributed by atoms with Crippen LogP contribution in [0.3, 0.4) is 0 Å². The van der Waals surface area contributed by atoms with Gasteiger partial charge in [0.25, 0.3) is 0 Å². The minimum atomic E-state index is -0.492. The Morgan fingerprint density at radius 3 is 2.68 bits per heavy atom. The fourth-order valence-corrected chi connectivity index (χ4v) is 3.37. The van der Waals surface area contributed by atoms with E-state index in [1.165, 1.54) is 13.4 Å². The zero-order valence-corrected chi connectivity index (χ0v) is 15.3. The smallest absolute Gasteiger partial charge is 0.322 e. The van der Waals surface area contributed by atoms with Crippen molar-refractivity contribution >= 4 is 17.7 Å². The summed E-state index contributed by atoms with van der Waals surface area (Å²) in [6.45, 7) is 0.702. The zero-order valence-electron chi connectivity index (χ0n) is 15.3. The number of nitrogens with one attached hydrogen (secondary N) is 1. The fourth-order valence-electron chi connectivity index (χ4n) is 3.37. The first kappa shape index (κ1) is 17.8. The number of nitrogens with zero attached hydrogens (tertiary/aromatic N) is 2. The monoisotopic (exact) mass is 377 g/mol. The van der Waals surface area contributed by atoms with Crippen molar-refractivity contribution in [1.82, 2.24) is 9.88 Å². The predicted octanol–water partition coefficient (Wildman–Crippen LogP) is 3.65. The topological polar surface area (TPSA) is 84.7 Å². The Morgan fingerprint density at radius 1 is 1.18 bits per heavy atom. The number of oxazole rings is 1. The number of urea groups is 1. The summed E-state index contributed by atoms with van der Waals surface area (Å²) in [4.78, 5) is 30.7. The fraction of sp³-hybridized carbons (Fsp3) is 0.190. The molecule has 3 aromatic rings. The summed E-state index contributed by atoms with van der Waals surface area (Å²) in [6, 6.07) is 14.6. The summed E-state index contributed by atoms with van der Waals surface area (Å²) >= 11 is 0. The van der Waals surface area contributed by atoms with Crippen molar-refractivity contribution in [3.8, 4) is 11.5 Å². The second-order valence-corrected chi connectivity index (χ2v) is 6.50. The Labute approximate surface area is 161 Å². The summed E-state index contributed by atoms with van der Waals surface area (Å²) in [7, 11) is 1.36. The van der Waals surface area contributed by atoms with Crippen molar-refractivity contribution in [2.24, 2.45) is 0 Å². The number of fused-ring (bicyclic) bond motifs is 1. The quantitative estimate of drug-likeness (QED) is 0.705. The number of anilines is 1. The van der Waals surface area contributed by atoms with Crippen molar-refractivity contribution < 1.29 is 18.7 Å². The molecule has 4 rings (SSSR count). The highest BCUT2D eigenvalue weighted by Crippen LogP contribution is 2.29. The van der Waals surface area contributed by atoms with E-state index in [-0.39, 0.29) is 18.5 Å². The van der Waals surface area contributed by atoms with Gasteiger partial charge in [0.2, 0.25) is 5.89 Å². The van der Waals surface area contributed by atoms with E-state index in [1.54, 1.807) is 23.2 Å². The van der Waals surface area contributed by atoms with Crippen molar-refractivity contribution in [1.29, 1.82) is 0 Å². The van der Waals surface area contributed by atoms with Crippen LogP contribution in [-0.2, 0) is 16.1 Å². The third-order valence-corrected chi connectivity index (χ3v) is 4.78. The SMILES string of the molecule is COC(=O)C1CN(C(=O)Nc2ccc(-c3ncco3)cc2)Cc2ccccc21. The number of carbonyl (C=O) groups excluding carboxylic acids is 2. The van der Waals surface area contributed by atoms with E-state index < -0.39 is 5.92 Å². The van der Waals surface area contributed by atoms with Gasteiger partial charge in [-0.2, -0.15) is 0 Å². The second-order valence-electron chi connectivity index (χ2n) is 6.50. The molecule has 1 aliphatic rings. The average molecular weight is 377 g/mol. The van der Waals surface area contributed by atoms with Crippen LogP contribution in [0.5, 0.6) is 0 Å². The van der Waals surface area contributed by atoms with Crippen molar-refractivity contribution in [2.45, 2.75) is 12.5 Å². The lowest BCUT2D eigenvalue weighted by molar-refractivity contribution is -0.143. The van der Waals surface area contributed by atoms with E-state index in [0.29, 0.717) is 18.1 Å². The molecule has 7 nitrogen and oxygen atoms in total. The number of amides is 2. The number of carbonyl (C=O) groups is 2. The molecular weight excluding hydrogens is 358 g/mol. The van der Waals surface area contributed by atoms with Crippen LogP contribution >= 0.6 is 0 Å². The highest BCUT2D eigenvalue weighted by Gasteiger charge is 2.33. The van der Waals surface area contributed by atoms with E-state index in [9.17, 15) is 9.59 Å². The number of benzene rings is 2. The number of methoxy groups -OCH3 is 1. The third-order valence-electron chi connectivity index (χ3n) is 4.78. The summed E-state index contributed by atoms with van der Waals surface area (Å²) in [6.07, 6.45) is 3.09. The number of rotatable bonds is 3. The number of esters is 1. The molecule has 0 radical (unpaired) electrons. The van der Waals surface area contributed by atoms with E-state index in [1.807, 2.05) is 36.4 Å². The largest absolute Gasteiger partial charge is 0.468 e. The highest BCUT2D eigenvalue weighted by molar-refractivity contribution is 5.91. The van der Waals surface area contributed by atoms with E-state index in [4.69, 9.17) is 9.15 Å². The molecule has 2 amide bonds. The van der Waals surface area contributed by atoms with Gasteiger partial charge in [-0.25, -0.2) is 9.78 Å². The van der Waals surface area contributed by atoms with Crippen LogP contribution in [0.15, 0.2) is 65.4 Å². The molecule has 2 aromatic carbocycles. The number of aromatic nitrogens is 1. The Kier molecular flexibility index (Phi) is 4.80. The van der Waals surface area contributed by atoms with E-state index >= 15 is 0 Å². The maximum absolute atomic E-state index is 12.8. The maximum atomic E-state index is 12.8. The third kappa shape index (κ3) is 3.46. The van der Waals surface area contributed by atoms with Gasteiger partial charge < -0.3 is 19.4 Å². The summed E-state index contributed by atoms with van der Waals surface area (Å²) in [5.74, 6) is -0.320. The molecule has 0 saturated heterocycles. The van der Waals surface area contributed by atoms with Gasteiger partial charge in [-0.1, -0.05) is 24.3 Å². The number of hydrogen-bond donors (Lipinski definition) is 1. The van der Waals surface area contributed by atoms with E-state index in [2.05, 4.69) is 10.3 Å². The molecule has 1 aliphatic heterocycles. The van der Waals surface area contributed by atoms with Crippen LogP contribution in [0.4, 0.5) is 10.5 Å². The standard InChI is InChI=1S/C21H19N3O4/c1-27-20(25)18-13-24(12-15-4-2-3-5-17(15)18)21(26)23-16-8-6-14(7-9-16)19-22-10-11-28-19/h2-11,18H,12-13H2,1H3,(H,23,26). The van der Waals surface area contributed by atoms with Crippen molar-refractivity contribution in [3.63, 3.8) is 0 Å². The van der Waals surface area contributed by atoms with Crippen LogP contribution in [0.25, 0.3) is 11.5 Å². The van der Waals surface area contributed by atoms with Gasteiger partial charge in [0.05, 0.1) is 19.2 Å². The Hall–Kier alpha value is -3.61. The molecular formula is C21H19N3O4. The van der Waals surface area contributed by atoms with Gasteiger partial charge in [0.1, 0.15) is 6.26 Å². The first-order valence-corrected chi connectivity index (χ1v) is 8.87. The van der Waals surface area contributed by atoms with Gasteiger partial charge in [0.15, 0.2) is 0 Å². The molecule has 142 valence electrons. The van der Waals surface area contributed by atoms with Gasteiger partial charge >= 0.3 is 12.0 Å². The van der Waals surface area contributed by atoms with Gasteiger partial charge in [-0.05, 0) is 35.4 Å². The van der Waals surface area contributed by atoms with Crippen LogP contribution in [0, 0.1) is 0 Å². The molecule has 1 unspecified atom stereocenters. The van der Waals surface area contributed by atoms with Gasteiger partial charge in [-0.3, -0.25) is 4.79 Å². The molecule has 1 atom stereocenters. The van der Waals surface area contributed by atoms with Crippen LogP contribution < -0.4 is 5.32 Å². The number of ether oxygens (including phenoxy) is 1. The Balaban J connectivity index is 1.50. The summed E-state index contributed by atoms with van der Waals surface area (Å²) < 4.78 is 10.2. The lowest BCUT2D eigenvalue weighted by Crippen LogP contribution is -2.43. The molecule has 0 saturated carbocycles. The summed E-state index contributed by atoms with van der Waals surface area (Å²) in [5, 5.41) is 2.88. The first-order valence-electron chi connectivity index (χ1n) is 8.87. The van der Waals surface area contributed by atoms with Crippen molar-refractivity contribution in [2.75, 3.05) is 19.0 Å². The van der Waals surface area contributed by atoms with Gasteiger partial charge in [-0.15, -0.1) is 0 Å². The minimum absolute atomic E-state index is 0.268. The predicted molar refractivity (Wildman–Crippen MR) is 103 cm³/mol. The van der Waals surface area contributed by atoms with E-state index in [0.717, 1.165) is 16.7 Å². The molecule has 28 heavy (non-hydrogen) atoms. The highest BCUT2D eigenvalue weighted by atomic mass is 16.5. The zero-order chi connectivity index (χ0) is 19.5. The molecule has 1 aromatic heterocycles. The van der Waals surface area contributed by atoms with Gasteiger partial charge in [0, 0.05) is 24.3 Å². The number of hydrogen-bond acceptors (Lipinski definition) is 5.